The summed E-state index contributed by atoms with van der Waals surface area (Å²) in [5, 5.41) is 1.04. The van der Waals surface area contributed by atoms with E-state index < -0.39 is 0 Å². The van der Waals surface area contributed by atoms with E-state index in [-0.39, 0.29) is 5.56 Å². The maximum atomic E-state index is 13.7. The first-order valence-corrected chi connectivity index (χ1v) is 11.4. The van der Waals surface area contributed by atoms with Crippen LogP contribution in [0, 0.1) is 6.92 Å². The molecule has 0 bridgehead atoms. The zero-order valence-electron chi connectivity index (χ0n) is 18.0. The van der Waals surface area contributed by atoms with Crippen molar-refractivity contribution in [2.45, 2.75) is 26.6 Å². The van der Waals surface area contributed by atoms with Crippen molar-refractivity contribution in [3.63, 3.8) is 0 Å². The van der Waals surface area contributed by atoms with Crippen LogP contribution in [0.1, 0.15) is 22.6 Å². The molecule has 1 aliphatic heterocycles. The molecule has 0 aliphatic carbocycles. The second-order valence-electron chi connectivity index (χ2n) is 8.12. The van der Waals surface area contributed by atoms with E-state index in [2.05, 4.69) is 4.90 Å². The Morgan fingerprint density at radius 1 is 1.00 bits per heavy atom. The highest BCUT2D eigenvalue weighted by atomic mass is 35.5. The molecule has 168 valence electrons. The second kappa shape index (κ2) is 9.06. The fraction of sp³-hybridized carbons (Fsp3) is 0.200. The van der Waals surface area contributed by atoms with Gasteiger partial charge in [0, 0.05) is 27.7 Å². The molecule has 0 spiro atoms. The molecule has 0 saturated heterocycles. The highest BCUT2D eigenvalue weighted by molar-refractivity contribution is 6.35. The van der Waals surface area contributed by atoms with Crippen LogP contribution in [0.4, 0.5) is 11.6 Å². The largest absolute Gasteiger partial charge is 0.468 e. The van der Waals surface area contributed by atoms with Crippen LogP contribution >= 0.6 is 23.2 Å². The monoisotopic (exact) mass is 480 g/mol. The van der Waals surface area contributed by atoms with E-state index in [0.29, 0.717) is 53.6 Å². The number of aromatic nitrogens is 2. The van der Waals surface area contributed by atoms with Gasteiger partial charge >= 0.3 is 0 Å². The molecule has 3 heterocycles. The lowest BCUT2D eigenvalue weighted by molar-refractivity contribution is 0.176. The maximum Gasteiger partial charge on any atom is 0.259 e. The number of nitrogens with zero attached hydrogens (tertiary/aromatic N) is 4. The summed E-state index contributed by atoms with van der Waals surface area (Å²) in [6.07, 6.45) is 2.18. The average molecular weight is 481 g/mol. The Balaban J connectivity index is 1.60. The maximum absolute atomic E-state index is 13.7. The molecule has 0 amide bonds. The molecule has 0 fully saturated rings. The van der Waals surface area contributed by atoms with Gasteiger partial charge in [-0.15, -0.1) is 0 Å². The number of anilines is 2. The third kappa shape index (κ3) is 4.55. The molecule has 6 nitrogen and oxygen atoms in total. The summed E-state index contributed by atoms with van der Waals surface area (Å²) >= 11 is 12.6. The van der Waals surface area contributed by atoms with Crippen molar-refractivity contribution in [3.05, 3.63) is 110 Å². The van der Waals surface area contributed by atoms with E-state index in [1.165, 1.54) is 0 Å². The number of halogens is 2. The van der Waals surface area contributed by atoms with Crippen molar-refractivity contribution in [3.8, 4) is 0 Å². The predicted octanol–water partition coefficient (Wildman–Crippen LogP) is 5.61. The third-order valence-corrected chi connectivity index (χ3v) is 6.15. The zero-order valence-corrected chi connectivity index (χ0v) is 19.6. The van der Waals surface area contributed by atoms with Gasteiger partial charge in [-0.3, -0.25) is 19.2 Å². The van der Waals surface area contributed by atoms with Gasteiger partial charge in [0.1, 0.15) is 5.76 Å². The van der Waals surface area contributed by atoms with Crippen LogP contribution in [-0.4, -0.2) is 21.1 Å². The third-order valence-electron chi connectivity index (χ3n) is 5.72. The number of fused-ring (bicyclic) bond motifs is 1. The number of hydrogen-bond acceptors (Lipinski definition) is 5. The standard InChI is InChI=1S/C25H22Cl2N4O2/c1-17-23(10-18-6-3-2-4-7-18)24(32)31-16-29(14-22-8-5-9-33-22)15-30(25(31)28-17)21-12-19(26)11-20(27)13-21/h2-9,11-13H,10,14-16H2,1H3. The summed E-state index contributed by atoms with van der Waals surface area (Å²) in [6.45, 7) is 3.33. The molecule has 2 aromatic heterocycles. The Labute approximate surface area is 201 Å². The van der Waals surface area contributed by atoms with E-state index in [1.54, 1.807) is 16.9 Å². The van der Waals surface area contributed by atoms with Gasteiger partial charge in [-0.25, -0.2) is 4.98 Å². The lowest BCUT2D eigenvalue weighted by Gasteiger charge is -2.38. The summed E-state index contributed by atoms with van der Waals surface area (Å²) in [5.74, 6) is 1.39. The molecule has 5 rings (SSSR count). The molecule has 4 aromatic rings. The molecule has 0 N–H and O–H groups in total. The van der Waals surface area contributed by atoms with Crippen molar-refractivity contribution < 1.29 is 4.42 Å². The SMILES string of the molecule is Cc1nc2n(c(=O)c1Cc1ccccc1)CN(Cc1ccco1)CN2c1cc(Cl)cc(Cl)c1. The van der Waals surface area contributed by atoms with Crippen LogP contribution < -0.4 is 10.5 Å². The first kappa shape index (κ1) is 21.8. The second-order valence-corrected chi connectivity index (χ2v) is 8.99. The summed E-state index contributed by atoms with van der Waals surface area (Å²) in [5.41, 5.74) is 3.19. The fourth-order valence-electron chi connectivity index (χ4n) is 4.15. The van der Waals surface area contributed by atoms with Gasteiger partial charge in [-0.05, 0) is 42.8 Å². The average Bonchev–Trinajstić information content (AvgIpc) is 3.30. The van der Waals surface area contributed by atoms with Crippen LogP contribution in [0.2, 0.25) is 10.0 Å². The number of rotatable bonds is 5. The van der Waals surface area contributed by atoms with Gasteiger partial charge in [0.15, 0.2) is 0 Å². The van der Waals surface area contributed by atoms with Crippen molar-refractivity contribution in [2.75, 3.05) is 11.6 Å². The summed E-state index contributed by atoms with van der Waals surface area (Å²) in [6, 6.07) is 19.1. The molecule has 8 heteroatoms. The normalized spacial score (nSPS) is 13.8. The lowest BCUT2D eigenvalue weighted by atomic mass is 10.1. The van der Waals surface area contributed by atoms with E-state index >= 15 is 0 Å². The van der Waals surface area contributed by atoms with Crippen LogP contribution in [0.15, 0.2) is 76.1 Å². The van der Waals surface area contributed by atoms with Gasteiger partial charge in [0.25, 0.3) is 5.56 Å². The van der Waals surface area contributed by atoms with Gasteiger partial charge in [0.2, 0.25) is 5.95 Å². The molecule has 2 aromatic carbocycles. The van der Waals surface area contributed by atoms with Crippen molar-refractivity contribution in [1.29, 1.82) is 0 Å². The van der Waals surface area contributed by atoms with Crippen molar-refractivity contribution in [1.82, 2.24) is 14.5 Å². The Morgan fingerprint density at radius 3 is 2.45 bits per heavy atom. The molecule has 1 aliphatic rings. The van der Waals surface area contributed by atoms with Gasteiger partial charge in [0.05, 0.1) is 31.8 Å². The quantitative estimate of drug-likeness (QED) is 0.371. The molecule has 33 heavy (non-hydrogen) atoms. The van der Waals surface area contributed by atoms with Crippen LogP contribution in [-0.2, 0) is 19.6 Å². The fourth-order valence-corrected chi connectivity index (χ4v) is 4.66. The van der Waals surface area contributed by atoms with Crippen LogP contribution in [0.3, 0.4) is 0 Å². The van der Waals surface area contributed by atoms with Crippen molar-refractivity contribution in [2.24, 2.45) is 0 Å². The smallest absolute Gasteiger partial charge is 0.259 e. The van der Waals surface area contributed by atoms with E-state index in [9.17, 15) is 4.79 Å². The highest BCUT2D eigenvalue weighted by Crippen LogP contribution is 2.32. The highest BCUT2D eigenvalue weighted by Gasteiger charge is 2.28. The van der Waals surface area contributed by atoms with Gasteiger partial charge in [-0.2, -0.15) is 0 Å². The molecule has 0 saturated carbocycles. The number of benzene rings is 2. The van der Waals surface area contributed by atoms with E-state index in [1.807, 2.05) is 66.4 Å². The number of aryl methyl sites for hydroxylation is 1. The first-order chi connectivity index (χ1) is 16.0. The summed E-state index contributed by atoms with van der Waals surface area (Å²) in [7, 11) is 0. The van der Waals surface area contributed by atoms with Crippen LogP contribution in [0.5, 0.6) is 0 Å². The Morgan fingerprint density at radius 2 is 1.76 bits per heavy atom. The van der Waals surface area contributed by atoms with E-state index in [4.69, 9.17) is 32.6 Å². The van der Waals surface area contributed by atoms with Crippen LogP contribution in [0.25, 0.3) is 0 Å². The van der Waals surface area contributed by atoms with E-state index in [0.717, 1.165) is 17.0 Å². The molecule has 0 radical (unpaired) electrons. The minimum atomic E-state index is -0.0522. The first-order valence-electron chi connectivity index (χ1n) is 10.6. The Kier molecular flexibility index (Phi) is 5.98. The molecular formula is C25H22Cl2N4O2. The lowest BCUT2D eigenvalue weighted by Crippen LogP contribution is -2.47. The zero-order chi connectivity index (χ0) is 22.9. The molecule has 0 atom stereocenters. The van der Waals surface area contributed by atoms with Crippen molar-refractivity contribution >= 4 is 34.8 Å². The Bertz CT molecular complexity index is 1320. The van der Waals surface area contributed by atoms with Gasteiger partial charge in [-0.1, -0.05) is 53.5 Å². The Hall–Kier alpha value is -3.06. The number of hydrogen-bond donors (Lipinski definition) is 0. The predicted molar refractivity (Wildman–Crippen MR) is 130 cm³/mol. The molecular weight excluding hydrogens is 459 g/mol. The van der Waals surface area contributed by atoms with Gasteiger partial charge < -0.3 is 4.42 Å². The minimum Gasteiger partial charge on any atom is -0.468 e. The number of furan rings is 1. The summed E-state index contributed by atoms with van der Waals surface area (Å²) in [4.78, 5) is 22.6. The minimum absolute atomic E-state index is 0.0522. The summed E-state index contributed by atoms with van der Waals surface area (Å²) < 4.78 is 7.26. The topological polar surface area (TPSA) is 54.5 Å². The molecule has 0 unspecified atom stereocenters.